The normalized spacial score (nSPS) is 15.5. The van der Waals surface area contributed by atoms with Crippen LogP contribution in [0.5, 0.6) is 0 Å². The molecule has 0 spiro atoms. The van der Waals surface area contributed by atoms with Crippen molar-refractivity contribution in [2.45, 2.75) is 31.3 Å². The number of benzene rings is 1. The van der Waals surface area contributed by atoms with Crippen LogP contribution in [0.4, 0.5) is 10.1 Å². The Hall–Kier alpha value is -2.11. The quantitative estimate of drug-likeness (QED) is 0.394. The standard InChI is InChI=1S/C24H26BrClFN5O2S/c1-16(2)32-9-7-31(8-10-32)15-17-3-4-20(21(27)11-17)22-13-19(5-6-28-22)30-35(33,34)23-12-18(25)14-29-24(23)26/h3-6,11-14,16H,7-10,15H2,1-2H3,(H,28,30). The number of nitrogens with zero attached hydrogens (tertiary/aromatic N) is 4. The number of piperazine rings is 1. The molecule has 11 heteroatoms. The highest BCUT2D eigenvalue weighted by molar-refractivity contribution is 9.10. The number of rotatable bonds is 7. The molecule has 1 fully saturated rings. The van der Waals surface area contributed by atoms with E-state index >= 15 is 4.39 Å². The van der Waals surface area contributed by atoms with Gasteiger partial charge in [0.2, 0.25) is 0 Å². The second-order valence-electron chi connectivity index (χ2n) is 8.70. The van der Waals surface area contributed by atoms with Crippen molar-refractivity contribution in [1.29, 1.82) is 0 Å². The van der Waals surface area contributed by atoms with E-state index in [2.05, 4.69) is 54.3 Å². The summed E-state index contributed by atoms with van der Waals surface area (Å²) >= 11 is 9.18. The van der Waals surface area contributed by atoms with Crippen molar-refractivity contribution < 1.29 is 12.8 Å². The molecule has 0 bridgehead atoms. The molecule has 186 valence electrons. The van der Waals surface area contributed by atoms with Gasteiger partial charge in [-0.05, 0) is 65.7 Å². The first-order chi connectivity index (χ1) is 16.6. The van der Waals surface area contributed by atoms with Crippen molar-refractivity contribution in [3.8, 4) is 11.3 Å². The van der Waals surface area contributed by atoms with Gasteiger partial charge >= 0.3 is 0 Å². The average molecular weight is 583 g/mol. The largest absolute Gasteiger partial charge is 0.298 e. The maximum Gasteiger partial charge on any atom is 0.265 e. The maximum atomic E-state index is 15.1. The fourth-order valence-electron chi connectivity index (χ4n) is 4.00. The van der Waals surface area contributed by atoms with Crippen molar-refractivity contribution in [3.05, 3.63) is 69.8 Å². The molecular formula is C24H26BrClFN5O2S. The molecule has 3 heterocycles. The van der Waals surface area contributed by atoms with Gasteiger partial charge in [-0.3, -0.25) is 19.5 Å². The minimum atomic E-state index is -4.01. The summed E-state index contributed by atoms with van der Waals surface area (Å²) in [4.78, 5) is 12.7. The molecule has 1 aliphatic heterocycles. The number of anilines is 1. The van der Waals surface area contributed by atoms with E-state index in [9.17, 15) is 8.42 Å². The van der Waals surface area contributed by atoms with Gasteiger partial charge in [-0.25, -0.2) is 17.8 Å². The number of nitrogens with one attached hydrogen (secondary N) is 1. The van der Waals surface area contributed by atoms with E-state index in [-0.39, 0.29) is 15.7 Å². The van der Waals surface area contributed by atoms with E-state index < -0.39 is 15.8 Å². The number of sulfonamides is 1. The van der Waals surface area contributed by atoms with E-state index in [4.69, 9.17) is 11.6 Å². The highest BCUT2D eigenvalue weighted by Gasteiger charge is 2.21. The zero-order valence-electron chi connectivity index (χ0n) is 19.4. The molecule has 1 saturated heterocycles. The Labute approximate surface area is 218 Å². The second-order valence-corrected chi connectivity index (χ2v) is 11.6. The van der Waals surface area contributed by atoms with Gasteiger partial charge in [0.25, 0.3) is 10.0 Å². The fraction of sp³-hybridized carbons (Fsp3) is 0.333. The van der Waals surface area contributed by atoms with Crippen LogP contribution in [0.25, 0.3) is 11.3 Å². The molecule has 1 aromatic carbocycles. The van der Waals surface area contributed by atoms with Gasteiger partial charge in [-0.1, -0.05) is 17.7 Å². The van der Waals surface area contributed by atoms with Crippen LogP contribution in [0.3, 0.4) is 0 Å². The van der Waals surface area contributed by atoms with Crippen LogP contribution in [0.15, 0.2) is 58.2 Å². The minimum Gasteiger partial charge on any atom is -0.298 e. The highest BCUT2D eigenvalue weighted by Crippen LogP contribution is 2.28. The molecule has 7 nitrogen and oxygen atoms in total. The summed E-state index contributed by atoms with van der Waals surface area (Å²) in [7, 11) is -4.01. The number of pyridine rings is 2. The van der Waals surface area contributed by atoms with Crippen LogP contribution in [0, 0.1) is 5.82 Å². The van der Waals surface area contributed by atoms with E-state index in [0.717, 1.165) is 31.7 Å². The van der Waals surface area contributed by atoms with Crippen LogP contribution >= 0.6 is 27.5 Å². The Bertz CT molecular complexity index is 1320. The molecule has 1 N–H and O–H groups in total. The summed E-state index contributed by atoms with van der Waals surface area (Å²) in [6, 6.07) is 9.97. The third-order valence-electron chi connectivity index (χ3n) is 5.93. The number of hydrogen-bond donors (Lipinski definition) is 1. The third kappa shape index (κ3) is 6.37. The molecule has 2 aromatic heterocycles. The molecule has 35 heavy (non-hydrogen) atoms. The lowest BCUT2D eigenvalue weighted by atomic mass is 10.1. The first kappa shape index (κ1) is 26.0. The summed E-state index contributed by atoms with van der Waals surface area (Å²) in [5, 5.41) is -0.151. The van der Waals surface area contributed by atoms with E-state index in [1.807, 2.05) is 6.07 Å². The molecule has 1 aliphatic rings. The molecule has 0 aliphatic carbocycles. The predicted octanol–water partition coefficient (Wildman–Crippen LogP) is 5.03. The first-order valence-electron chi connectivity index (χ1n) is 11.2. The molecule has 0 unspecified atom stereocenters. The van der Waals surface area contributed by atoms with Gasteiger partial charge in [0.15, 0.2) is 0 Å². The van der Waals surface area contributed by atoms with Crippen LogP contribution in [0.1, 0.15) is 19.4 Å². The summed E-state index contributed by atoms with van der Waals surface area (Å²) in [5.41, 5.74) is 1.73. The first-order valence-corrected chi connectivity index (χ1v) is 13.8. The maximum absolute atomic E-state index is 15.1. The average Bonchev–Trinajstić information content (AvgIpc) is 2.81. The molecule has 0 atom stereocenters. The van der Waals surface area contributed by atoms with Crippen molar-refractivity contribution >= 4 is 43.2 Å². The summed E-state index contributed by atoms with van der Waals surface area (Å²) in [6.07, 6.45) is 2.83. The molecule has 0 saturated carbocycles. The van der Waals surface area contributed by atoms with Gasteiger partial charge in [-0.15, -0.1) is 0 Å². The summed E-state index contributed by atoms with van der Waals surface area (Å²) < 4.78 is 43.6. The van der Waals surface area contributed by atoms with Crippen LogP contribution < -0.4 is 4.72 Å². The second kappa shape index (κ2) is 10.9. The van der Waals surface area contributed by atoms with Crippen LogP contribution in [0.2, 0.25) is 5.15 Å². The Kier molecular flexibility index (Phi) is 8.07. The monoisotopic (exact) mass is 581 g/mol. The van der Waals surface area contributed by atoms with Crippen molar-refractivity contribution in [3.63, 3.8) is 0 Å². The predicted molar refractivity (Wildman–Crippen MR) is 139 cm³/mol. The van der Waals surface area contributed by atoms with Gasteiger partial charge in [-0.2, -0.15) is 0 Å². The zero-order chi connectivity index (χ0) is 25.2. The Morgan fingerprint density at radius 3 is 2.54 bits per heavy atom. The summed E-state index contributed by atoms with van der Waals surface area (Å²) in [6.45, 7) is 8.98. The SMILES string of the molecule is CC(C)N1CCN(Cc2ccc(-c3cc(NS(=O)(=O)c4cc(Br)cnc4Cl)ccn3)c(F)c2)CC1. The lowest BCUT2D eigenvalue weighted by Gasteiger charge is -2.36. The Morgan fingerprint density at radius 1 is 1.11 bits per heavy atom. The summed E-state index contributed by atoms with van der Waals surface area (Å²) in [5.74, 6) is -0.407. The minimum absolute atomic E-state index is 0.151. The van der Waals surface area contributed by atoms with Crippen molar-refractivity contribution in [2.24, 2.45) is 0 Å². The van der Waals surface area contributed by atoms with Crippen molar-refractivity contribution in [2.75, 3.05) is 30.9 Å². The van der Waals surface area contributed by atoms with Gasteiger partial charge in [0.05, 0.1) is 11.4 Å². The lowest BCUT2D eigenvalue weighted by molar-refractivity contribution is 0.104. The third-order valence-corrected chi connectivity index (χ3v) is 8.17. The van der Waals surface area contributed by atoms with E-state index in [0.29, 0.717) is 28.3 Å². The van der Waals surface area contributed by atoms with Crippen LogP contribution in [-0.4, -0.2) is 60.4 Å². The zero-order valence-corrected chi connectivity index (χ0v) is 22.5. The molecule has 0 amide bonds. The number of halogens is 3. The molecule has 4 rings (SSSR count). The molecular weight excluding hydrogens is 557 g/mol. The number of aromatic nitrogens is 2. The molecule has 0 radical (unpaired) electrons. The van der Waals surface area contributed by atoms with Crippen molar-refractivity contribution in [1.82, 2.24) is 19.8 Å². The molecule has 3 aromatic rings. The van der Waals surface area contributed by atoms with Gasteiger partial charge in [0, 0.05) is 61.2 Å². The Morgan fingerprint density at radius 2 is 1.86 bits per heavy atom. The van der Waals surface area contributed by atoms with E-state index in [1.54, 1.807) is 6.07 Å². The Balaban J connectivity index is 1.49. The number of hydrogen-bond acceptors (Lipinski definition) is 6. The smallest absolute Gasteiger partial charge is 0.265 e. The van der Waals surface area contributed by atoms with Crippen LogP contribution in [-0.2, 0) is 16.6 Å². The van der Waals surface area contributed by atoms with Gasteiger partial charge < -0.3 is 0 Å². The van der Waals surface area contributed by atoms with Gasteiger partial charge in [0.1, 0.15) is 15.9 Å². The topological polar surface area (TPSA) is 78.4 Å². The fourth-order valence-corrected chi connectivity index (χ4v) is 6.00. The highest BCUT2D eigenvalue weighted by atomic mass is 79.9. The lowest BCUT2D eigenvalue weighted by Crippen LogP contribution is -2.48. The van der Waals surface area contributed by atoms with E-state index in [1.165, 1.54) is 36.7 Å².